The maximum Gasteiger partial charge on any atom is 0.420 e. The first kappa shape index (κ1) is 16.1. The Morgan fingerprint density at radius 3 is 1.90 bits per heavy atom. The number of carbonyl (C=O) groups excluding carboxylic acids is 1. The van der Waals surface area contributed by atoms with Crippen LogP contribution in [0.2, 0.25) is 0 Å². The third kappa shape index (κ3) is 3.14. The van der Waals surface area contributed by atoms with Crippen LogP contribution >= 0.6 is 0 Å². The first-order valence-electron chi connectivity index (χ1n) is 4.97. The second kappa shape index (κ2) is 5.22. The minimum atomic E-state index is -5.07. The van der Waals surface area contributed by atoms with E-state index in [1.807, 2.05) is 0 Å². The normalized spacial score (nSPS) is 12.2. The Bertz CT molecular complexity index is 518. The molecule has 0 bridgehead atoms. The summed E-state index contributed by atoms with van der Waals surface area (Å²) in [5.74, 6) is -2.64. The average molecular weight is 302 g/mol. The highest BCUT2D eigenvalue weighted by molar-refractivity contribution is 5.92. The minimum Gasteiger partial charge on any atom is -0.496 e. The van der Waals surface area contributed by atoms with Gasteiger partial charge in [-0.25, -0.2) is 4.79 Å². The van der Waals surface area contributed by atoms with Gasteiger partial charge in [0.2, 0.25) is 0 Å². The number of carbonyl (C=O) groups is 1. The molecule has 0 saturated carbocycles. The largest absolute Gasteiger partial charge is 0.496 e. The van der Waals surface area contributed by atoms with E-state index in [4.69, 9.17) is 0 Å². The van der Waals surface area contributed by atoms with Gasteiger partial charge in [0.1, 0.15) is 11.3 Å². The van der Waals surface area contributed by atoms with E-state index in [2.05, 4.69) is 9.47 Å². The van der Waals surface area contributed by atoms with E-state index in [1.165, 1.54) is 0 Å². The Morgan fingerprint density at radius 2 is 1.55 bits per heavy atom. The quantitative estimate of drug-likeness (QED) is 0.619. The molecule has 0 radical (unpaired) electrons. The van der Waals surface area contributed by atoms with Gasteiger partial charge in [-0.3, -0.25) is 0 Å². The van der Waals surface area contributed by atoms with E-state index < -0.39 is 40.8 Å². The van der Waals surface area contributed by atoms with Gasteiger partial charge in [-0.2, -0.15) is 26.3 Å². The summed E-state index contributed by atoms with van der Waals surface area (Å²) < 4.78 is 84.7. The summed E-state index contributed by atoms with van der Waals surface area (Å²) in [7, 11) is 1.53. The fourth-order valence-electron chi connectivity index (χ4n) is 1.50. The van der Waals surface area contributed by atoms with E-state index in [-0.39, 0.29) is 12.1 Å². The van der Waals surface area contributed by atoms with Crippen molar-refractivity contribution in [3.8, 4) is 5.75 Å². The van der Waals surface area contributed by atoms with E-state index >= 15 is 0 Å². The zero-order valence-corrected chi connectivity index (χ0v) is 10.1. The average Bonchev–Trinajstić information content (AvgIpc) is 2.33. The van der Waals surface area contributed by atoms with Gasteiger partial charge in [0.25, 0.3) is 0 Å². The number of ether oxygens (including phenoxy) is 2. The fourth-order valence-corrected chi connectivity index (χ4v) is 1.50. The number of halogens is 6. The molecule has 3 nitrogen and oxygen atoms in total. The molecule has 0 aliphatic heterocycles. The van der Waals surface area contributed by atoms with Crippen LogP contribution < -0.4 is 4.74 Å². The number of methoxy groups -OCH3 is 2. The third-order valence-corrected chi connectivity index (χ3v) is 2.34. The first-order valence-corrected chi connectivity index (χ1v) is 4.97. The standard InChI is InChI=1S/C11H8F6O3/c1-19-7-4-5(10(12,13)14)3-6(9(18)20-2)8(7)11(15,16)17/h3-4H,1-2H3. The highest BCUT2D eigenvalue weighted by atomic mass is 19.4. The molecule has 1 aromatic carbocycles. The Balaban J connectivity index is 3.70. The van der Waals surface area contributed by atoms with Gasteiger partial charge >= 0.3 is 18.3 Å². The number of hydrogen-bond donors (Lipinski definition) is 0. The Hall–Kier alpha value is -1.93. The van der Waals surface area contributed by atoms with Crippen molar-refractivity contribution in [3.63, 3.8) is 0 Å². The molecule has 1 aromatic rings. The Labute approximate surface area is 109 Å². The number of esters is 1. The minimum absolute atomic E-state index is 0.0805. The van der Waals surface area contributed by atoms with Gasteiger partial charge in [-0.05, 0) is 12.1 Å². The van der Waals surface area contributed by atoms with Gasteiger partial charge in [0.05, 0.1) is 25.3 Å². The molecular formula is C11H8F6O3. The summed E-state index contributed by atoms with van der Waals surface area (Å²) in [6.07, 6.45) is -10.0. The van der Waals surface area contributed by atoms with Crippen LogP contribution in [-0.4, -0.2) is 20.2 Å². The molecule has 1 rings (SSSR count). The van der Waals surface area contributed by atoms with Crippen molar-refractivity contribution in [2.24, 2.45) is 0 Å². The van der Waals surface area contributed by atoms with Gasteiger partial charge < -0.3 is 9.47 Å². The smallest absolute Gasteiger partial charge is 0.420 e. The topological polar surface area (TPSA) is 35.5 Å². The molecule has 9 heteroatoms. The van der Waals surface area contributed by atoms with Gasteiger partial charge in [-0.1, -0.05) is 0 Å². The van der Waals surface area contributed by atoms with Crippen molar-refractivity contribution in [1.82, 2.24) is 0 Å². The molecule has 0 spiro atoms. The fraction of sp³-hybridized carbons (Fsp3) is 0.364. The second-order valence-corrected chi connectivity index (χ2v) is 3.59. The summed E-state index contributed by atoms with van der Waals surface area (Å²) in [6.45, 7) is 0. The van der Waals surface area contributed by atoms with Crippen molar-refractivity contribution in [3.05, 3.63) is 28.8 Å². The predicted octanol–water partition coefficient (Wildman–Crippen LogP) is 3.52. The highest BCUT2D eigenvalue weighted by Gasteiger charge is 2.42. The van der Waals surface area contributed by atoms with Crippen LogP contribution in [0.15, 0.2) is 12.1 Å². The van der Waals surface area contributed by atoms with Crippen molar-refractivity contribution < 1.29 is 40.6 Å². The van der Waals surface area contributed by atoms with Gasteiger partial charge in [0, 0.05) is 0 Å². The molecule has 0 aliphatic rings. The number of rotatable bonds is 2. The molecule has 0 unspecified atom stereocenters. The zero-order valence-electron chi connectivity index (χ0n) is 10.1. The van der Waals surface area contributed by atoms with Crippen LogP contribution in [0.5, 0.6) is 5.75 Å². The van der Waals surface area contributed by atoms with Gasteiger partial charge in [0.15, 0.2) is 0 Å². The summed E-state index contributed by atoms with van der Waals surface area (Å²) in [6, 6.07) is 0.256. The van der Waals surface area contributed by atoms with Crippen LogP contribution in [0.25, 0.3) is 0 Å². The van der Waals surface area contributed by atoms with Crippen molar-refractivity contribution in [2.75, 3.05) is 14.2 Å². The molecule has 0 aromatic heterocycles. The Morgan fingerprint density at radius 1 is 1.00 bits per heavy atom. The molecule has 0 aliphatic carbocycles. The van der Waals surface area contributed by atoms with Crippen molar-refractivity contribution in [2.45, 2.75) is 12.4 Å². The van der Waals surface area contributed by atoms with Crippen LogP contribution in [-0.2, 0) is 17.1 Å². The summed E-state index contributed by atoms with van der Waals surface area (Å²) in [4.78, 5) is 11.3. The highest BCUT2D eigenvalue weighted by Crippen LogP contribution is 2.42. The van der Waals surface area contributed by atoms with Crippen molar-refractivity contribution in [1.29, 1.82) is 0 Å². The molecular weight excluding hydrogens is 294 g/mol. The van der Waals surface area contributed by atoms with Gasteiger partial charge in [-0.15, -0.1) is 0 Å². The third-order valence-electron chi connectivity index (χ3n) is 2.34. The molecule has 0 heterocycles. The Kier molecular flexibility index (Phi) is 4.21. The molecule has 0 fully saturated rings. The molecule has 112 valence electrons. The lowest BCUT2D eigenvalue weighted by Gasteiger charge is -2.18. The SMILES string of the molecule is COC(=O)c1cc(C(F)(F)F)cc(OC)c1C(F)(F)F. The molecule has 0 amide bonds. The monoisotopic (exact) mass is 302 g/mol. The summed E-state index contributed by atoms with van der Waals surface area (Å²) in [5, 5.41) is 0. The maximum atomic E-state index is 12.9. The lowest BCUT2D eigenvalue weighted by atomic mass is 10.0. The lowest BCUT2D eigenvalue weighted by Crippen LogP contribution is -2.18. The van der Waals surface area contributed by atoms with Crippen molar-refractivity contribution >= 4 is 5.97 Å². The van der Waals surface area contributed by atoms with Crippen LogP contribution in [0.4, 0.5) is 26.3 Å². The van der Waals surface area contributed by atoms with Crippen LogP contribution in [0.1, 0.15) is 21.5 Å². The molecule has 20 heavy (non-hydrogen) atoms. The summed E-state index contributed by atoms with van der Waals surface area (Å²) in [5.41, 5.74) is -4.31. The molecule has 0 N–H and O–H groups in total. The first-order chi connectivity index (χ1) is 9.02. The number of benzene rings is 1. The van der Waals surface area contributed by atoms with E-state index in [0.717, 1.165) is 14.2 Å². The molecule has 0 saturated heterocycles. The molecule has 0 atom stereocenters. The number of hydrogen-bond acceptors (Lipinski definition) is 3. The van der Waals surface area contributed by atoms with E-state index in [9.17, 15) is 31.1 Å². The van der Waals surface area contributed by atoms with E-state index in [0.29, 0.717) is 0 Å². The second-order valence-electron chi connectivity index (χ2n) is 3.59. The lowest BCUT2D eigenvalue weighted by molar-refractivity contribution is -0.142. The van der Waals surface area contributed by atoms with Crippen LogP contribution in [0.3, 0.4) is 0 Å². The number of alkyl halides is 6. The maximum absolute atomic E-state index is 12.9. The predicted molar refractivity (Wildman–Crippen MR) is 54.3 cm³/mol. The zero-order chi connectivity index (χ0) is 15.7. The summed E-state index contributed by atoms with van der Waals surface area (Å²) >= 11 is 0. The van der Waals surface area contributed by atoms with E-state index in [1.54, 1.807) is 0 Å². The van der Waals surface area contributed by atoms with Crippen LogP contribution in [0, 0.1) is 0 Å².